The van der Waals surface area contributed by atoms with Gasteiger partial charge in [-0.15, -0.1) is 24.0 Å². The second kappa shape index (κ2) is 11.7. The third-order valence-electron chi connectivity index (χ3n) is 4.70. The Labute approximate surface area is 195 Å². The van der Waals surface area contributed by atoms with Gasteiger partial charge >= 0.3 is 0 Å². The number of phenolic OH excluding ortho intramolecular Hbond substituents is 1. The first-order valence-corrected chi connectivity index (χ1v) is 10.1. The number of aromatic nitrogens is 1. The number of ether oxygens (including phenoxy) is 1. The number of aryl methyl sites for hydroxylation is 1. The van der Waals surface area contributed by atoms with Crippen LogP contribution < -0.4 is 15.4 Å². The molecule has 6 nitrogen and oxygen atoms in total. The van der Waals surface area contributed by atoms with E-state index in [1.54, 1.807) is 6.07 Å². The van der Waals surface area contributed by atoms with E-state index in [9.17, 15) is 5.11 Å². The lowest BCUT2D eigenvalue weighted by Gasteiger charge is -2.12. The summed E-state index contributed by atoms with van der Waals surface area (Å²) in [5, 5.41) is 17.8. The van der Waals surface area contributed by atoms with Crippen molar-refractivity contribution in [2.45, 2.75) is 33.7 Å². The molecular weight excluding hydrogens is 491 g/mol. The molecular formula is C23H31IN4O2. The van der Waals surface area contributed by atoms with Crippen LogP contribution in [0.5, 0.6) is 11.5 Å². The van der Waals surface area contributed by atoms with Crippen molar-refractivity contribution in [2.24, 2.45) is 4.99 Å². The van der Waals surface area contributed by atoms with Crippen molar-refractivity contribution in [3.05, 3.63) is 59.3 Å². The summed E-state index contributed by atoms with van der Waals surface area (Å²) in [6.45, 7) is 8.63. The van der Waals surface area contributed by atoms with Gasteiger partial charge in [0.1, 0.15) is 0 Å². The summed E-state index contributed by atoms with van der Waals surface area (Å²) < 4.78 is 5.45. The van der Waals surface area contributed by atoms with Gasteiger partial charge in [-0.3, -0.25) is 0 Å². The fourth-order valence-corrected chi connectivity index (χ4v) is 3.26. The Balaban J connectivity index is 0.00000320. The van der Waals surface area contributed by atoms with Crippen molar-refractivity contribution < 1.29 is 9.84 Å². The van der Waals surface area contributed by atoms with Crippen LogP contribution in [-0.4, -0.2) is 35.7 Å². The minimum Gasteiger partial charge on any atom is -0.504 e. The van der Waals surface area contributed by atoms with Gasteiger partial charge in [-0.05, 0) is 62.1 Å². The molecule has 1 aromatic heterocycles. The van der Waals surface area contributed by atoms with Crippen molar-refractivity contribution in [2.75, 3.05) is 19.7 Å². The number of fused-ring (bicyclic) bond motifs is 1. The zero-order chi connectivity index (χ0) is 20.6. The molecule has 0 aliphatic rings. The number of guanidine groups is 1. The maximum Gasteiger partial charge on any atom is 0.191 e. The number of rotatable bonds is 8. The summed E-state index contributed by atoms with van der Waals surface area (Å²) in [7, 11) is 0. The van der Waals surface area contributed by atoms with Crippen molar-refractivity contribution in [3.8, 4) is 11.5 Å². The maximum absolute atomic E-state index is 9.84. The second-order valence-corrected chi connectivity index (χ2v) is 6.97. The first-order chi connectivity index (χ1) is 14.1. The highest BCUT2D eigenvalue weighted by molar-refractivity contribution is 14.0. The largest absolute Gasteiger partial charge is 0.504 e. The van der Waals surface area contributed by atoms with Gasteiger partial charge in [0.25, 0.3) is 0 Å². The lowest BCUT2D eigenvalue weighted by molar-refractivity contribution is 0.318. The summed E-state index contributed by atoms with van der Waals surface area (Å²) in [5.74, 6) is 1.42. The predicted octanol–water partition coefficient (Wildman–Crippen LogP) is 4.50. The molecule has 162 valence electrons. The molecule has 0 spiro atoms. The fraction of sp³-hybridized carbons (Fsp3) is 0.348. The minimum absolute atomic E-state index is 0. The van der Waals surface area contributed by atoms with E-state index in [0.717, 1.165) is 31.0 Å². The van der Waals surface area contributed by atoms with E-state index < -0.39 is 0 Å². The standard InChI is InChI=1S/C23H30N4O2.HI/c1-4-24-23(27-14-17-7-9-21(28)22(13-17)29-5-2)25-11-10-18-15-26-20-12-16(3)6-8-19(18)20;/h6-9,12-13,15,26,28H,4-5,10-11,14H2,1-3H3,(H2,24,25,27);1H. The molecule has 3 aromatic rings. The number of aliphatic imine (C=N–C) groups is 1. The van der Waals surface area contributed by atoms with Crippen LogP contribution in [0.1, 0.15) is 30.5 Å². The van der Waals surface area contributed by atoms with Crippen LogP contribution in [0.3, 0.4) is 0 Å². The molecule has 0 saturated carbocycles. The van der Waals surface area contributed by atoms with E-state index in [-0.39, 0.29) is 29.7 Å². The number of benzene rings is 2. The van der Waals surface area contributed by atoms with E-state index in [2.05, 4.69) is 51.9 Å². The first kappa shape index (κ1) is 23.9. The summed E-state index contributed by atoms with van der Waals surface area (Å²) >= 11 is 0. The molecule has 1 heterocycles. The van der Waals surface area contributed by atoms with E-state index in [0.29, 0.717) is 18.9 Å². The number of halogens is 1. The van der Waals surface area contributed by atoms with Crippen molar-refractivity contribution in [1.82, 2.24) is 15.6 Å². The Morgan fingerprint density at radius 1 is 1.13 bits per heavy atom. The molecule has 0 bridgehead atoms. The monoisotopic (exact) mass is 522 g/mol. The number of nitrogens with one attached hydrogen (secondary N) is 3. The van der Waals surface area contributed by atoms with Crippen LogP contribution in [0.15, 0.2) is 47.6 Å². The number of H-pyrrole nitrogens is 1. The second-order valence-electron chi connectivity index (χ2n) is 6.97. The highest BCUT2D eigenvalue weighted by Gasteiger charge is 2.06. The van der Waals surface area contributed by atoms with Crippen molar-refractivity contribution in [3.63, 3.8) is 0 Å². The molecule has 0 saturated heterocycles. The Morgan fingerprint density at radius 3 is 2.73 bits per heavy atom. The number of aromatic amines is 1. The molecule has 0 atom stereocenters. The van der Waals surface area contributed by atoms with E-state index in [1.807, 2.05) is 26.0 Å². The van der Waals surface area contributed by atoms with Crippen LogP contribution in [0.2, 0.25) is 0 Å². The molecule has 4 N–H and O–H groups in total. The van der Waals surface area contributed by atoms with Gasteiger partial charge in [0.2, 0.25) is 0 Å². The lowest BCUT2D eigenvalue weighted by Crippen LogP contribution is -2.38. The normalized spacial score (nSPS) is 11.2. The van der Waals surface area contributed by atoms with Crippen molar-refractivity contribution >= 4 is 40.8 Å². The van der Waals surface area contributed by atoms with E-state index in [1.165, 1.54) is 22.0 Å². The fourth-order valence-electron chi connectivity index (χ4n) is 3.26. The van der Waals surface area contributed by atoms with Gasteiger partial charge in [-0.2, -0.15) is 0 Å². The summed E-state index contributed by atoms with van der Waals surface area (Å²) in [4.78, 5) is 8.01. The van der Waals surface area contributed by atoms with E-state index in [4.69, 9.17) is 4.74 Å². The average molecular weight is 522 g/mol. The molecule has 0 radical (unpaired) electrons. The molecule has 7 heteroatoms. The number of nitrogens with zero attached hydrogens (tertiary/aromatic N) is 1. The number of hydrogen-bond acceptors (Lipinski definition) is 3. The number of aromatic hydroxyl groups is 1. The molecule has 0 fully saturated rings. The Morgan fingerprint density at radius 2 is 1.97 bits per heavy atom. The van der Waals surface area contributed by atoms with Gasteiger partial charge in [-0.25, -0.2) is 4.99 Å². The van der Waals surface area contributed by atoms with Gasteiger partial charge < -0.3 is 25.5 Å². The zero-order valence-electron chi connectivity index (χ0n) is 17.8. The predicted molar refractivity (Wildman–Crippen MR) is 134 cm³/mol. The highest BCUT2D eigenvalue weighted by Crippen LogP contribution is 2.27. The average Bonchev–Trinajstić information content (AvgIpc) is 3.10. The van der Waals surface area contributed by atoms with Crippen LogP contribution in [0.4, 0.5) is 0 Å². The lowest BCUT2D eigenvalue weighted by atomic mass is 10.1. The van der Waals surface area contributed by atoms with Crippen molar-refractivity contribution in [1.29, 1.82) is 0 Å². The SMILES string of the molecule is CCNC(=NCc1ccc(O)c(OCC)c1)NCCc1c[nH]c2cc(C)ccc12.I. The summed E-state index contributed by atoms with van der Waals surface area (Å²) in [6.07, 6.45) is 2.99. The topological polar surface area (TPSA) is 81.7 Å². The molecule has 30 heavy (non-hydrogen) atoms. The number of phenols is 1. The van der Waals surface area contributed by atoms with Gasteiger partial charge in [0.05, 0.1) is 13.2 Å². The molecule has 0 aliphatic carbocycles. The molecule has 2 aromatic carbocycles. The number of hydrogen-bond donors (Lipinski definition) is 4. The van der Waals surface area contributed by atoms with Gasteiger partial charge in [-0.1, -0.05) is 18.2 Å². The van der Waals surface area contributed by atoms with Crippen LogP contribution in [-0.2, 0) is 13.0 Å². The third-order valence-corrected chi connectivity index (χ3v) is 4.70. The van der Waals surface area contributed by atoms with Gasteiger partial charge in [0, 0.05) is 30.2 Å². The van der Waals surface area contributed by atoms with E-state index >= 15 is 0 Å². The minimum atomic E-state index is 0. The quantitative estimate of drug-likeness (QED) is 0.200. The van der Waals surface area contributed by atoms with Gasteiger partial charge in [0.15, 0.2) is 17.5 Å². The molecule has 0 unspecified atom stereocenters. The zero-order valence-corrected chi connectivity index (χ0v) is 20.1. The summed E-state index contributed by atoms with van der Waals surface area (Å²) in [6, 6.07) is 11.8. The highest BCUT2D eigenvalue weighted by atomic mass is 127. The first-order valence-electron chi connectivity index (χ1n) is 10.1. The Bertz CT molecular complexity index is 984. The molecule has 0 aliphatic heterocycles. The Kier molecular flexibility index (Phi) is 9.29. The maximum atomic E-state index is 9.84. The van der Waals surface area contributed by atoms with Crippen LogP contribution >= 0.6 is 24.0 Å². The third kappa shape index (κ3) is 6.29. The van der Waals surface area contributed by atoms with Crippen LogP contribution in [0, 0.1) is 6.92 Å². The molecule has 3 rings (SSSR count). The summed E-state index contributed by atoms with van der Waals surface area (Å²) in [5.41, 5.74) is 4.71. The van der Waals surface area contributed by atoms with Crippen LogP contribution in [0.25, 0.3) is 10.9 Å². The smallest absolute Gasteiger partial charge is 0.191 e. The molecule has 0 amide bonds. The Hall–Kier alpha value is -2.42.